The molecule has 0 saturated heterocycles. The first kappa shape index (κ1) is 13.9. The van der Waals surface area contributed by atoms with Crippen molar-refractivity contribution in [1.82, 2.24) is 4.98 Å². The average molecular weight is 237 g/mol. The minimum absolute atomic E-state index is 0.0333. The van der Waals surface area contributed by atoms with E-state index in [4.69, 9.17) is 10.8 Å². The number of hydrogen-bond acceptors (Lipinski definition) is 4. The van der Waals surface area contributed by atoms with Gasteiger partial charge < -0.3 is 15.7 Å². The minimum Gasteiger partial charge on any atom is -0.396 e. The van der Waals surface area contributed by atoms with Crippen LogP contribution in [0.25, 0.3) is 0 Å². The summed E-state index contributed by atoms with van der Waals surface area (Å²) in [7, 11) is 0. The fourth-order valence-electron chi connectivity index (χ4n) is 1.85. The molecular weight excluding hydrogens is 214 g/mol. The number of nitrogens with two attached hydrogens (primary N) is 1. The molecule has 1 aromatic heterocycles. The summed E-state index contributed by atoms with van der Waals surface area (Å²) >= 11 is 0. The van der Waals surface area contributed by atoms with Crippen LogP contribution in [-0.2, 0) is 0 Å². The predicted molar refractivity (Wildman–Crippen MR) is 71.0 cm³/mol. The Morgan fingerprint density at radius 2 is 2.12 bits per heavy atom. The zero-order chi connectivity index (χ0) is 12.8. The van der Waals surface area contributed by atoms with Gasteiger partial charge in [-0.15, -0.1) is 0 Å². The van der Waals surface area contributed by atoms with Gasteiger partial charge in [-0.1, -0.05) is 6.07 Å². The van der Waals surface area contributed by atoms with Gasteiger partial charge in [0.05, 0.1) is 0 Å². The maximum Gasteiger partial charge on any atom is 0.133 e. The highest BCUT2D eigenvalue weighted by Crippen LogP contribution is 2.24. The summed E-state index contributed by atoms with van der Waals surface area (Å²) in [4.78, 5) is 6.63. The zero-order valence-electron chi connectivity index (χ0n) is 10.9. The number of anilines is 1. The second-order valence-corrected chi connectivity index (χ2v) is 4.57. The molecule has 0 aliphatic rings. The van der Waals surface area contributed by atoms with E-state index < -0.39 is 0 Å². The maximum absolute atomic E-state index is 8.95. The summed E-state index contributed by atoms with van der Waals surface area (Å²) in [5.41, 5.74) is 7.02. The van der Waals surface area contributed by atoms with Crippen molar-refractivity contribution in [2.75, 3.05) is 18.1 Å². The second kappa shape index (κ2) is 6.57. The van der Waals surface area contributed by atoms with Crippen LogP contribution in [-0.4, -0.2) is 29.3 Å². The lowest BCUT2D eigenvalue weighted by atomic mass is 10.1. The second-order valence-electron chi connectivity index (χ2n) is 4.57. The van der Waals surface area contributed by atoms with Crippen molar-refractivity contribution >= 4 is 5.82 Å². The third-order valence-electron chi connectivity index (χ3n) is 2.76. The van der Waals surface area contributed by atoms with Crippen LogP contribution in [0.5, 0.6) is 0 Å². The molecule has 4 heteroatoms. The van der Waals surface area contributed by atoms with Crippen LogP contribution in [0.4, 0.5) is 5.82 Å². The Morgan fingerprint density at radius 3 is 2.65 bits per heavy atom. The molecule has 0 amide bonds. The Bertz CT molecular complexity index is 339. The number of nitrogens with zero attached hydrogens (tertiary/aromatic N) is 2. The van der Waals surface area contributed by atoms with Crippen LogP contribution in [0.3, 0.4) is 0 Å². The molecule has 0 aliphatic carbocycles. The summed E-state index contributed by atoms with van der Waals surface area (Å²) in [6.45, 7) is 7.20. The van der Waals surface area contributed by atoms with Gasteiger partial charge in [0, 0.05) is 37.0 Å². The molecule has 0 bridgehead atoms. The highest BCUT2D eigenvalue weighted by Gasteiger charge is 2.16. The molecule has 0 aliphatic heterocycles. The van der Waals surface area contributed by atoms with E-state index in [0.29, 0.717) is 6.04 Å². The van der Waals surface area contributed by atoms with E-state index in [-0.39, 0.29) is 12.6 Å². The van der Waals surface area contributed by atoms with Gasteiger partial charge in [-0.2, -0.15) is 0 Å². The van der Waals surface area contributed by atoms with Gasteiger partial charge in [0.25, 0.3) is 0 Å². The van der Waals surface area contributed by atoms with E-state index in [1.165, 1.54) is 0 Å². The number of pyridine rings is 1. The molecule has 1 atom stereocenters. The summed E-state index contributed by atoms with van der Waals surface area (Å²) in [5.74, 6) is 0.936. The predicted octanol–water partition coefficient (Wildman–Crippen LogP) is 1.70. The lowest BCUT2D eigenvalue weighted by molar-refractivity contribution is 0.288. The van der Waals surface area contributed by atoms with Crippen molar-refractivity contribution in [2.24, 2.45) is 5.73 Å². The number of hydrogen-bond donors (Lipinski definition) is 2. The summed E-state index contributed by atoms with van der Waals surface area (Å²) < 4.78 is 0. The Hall–Kier alpha value is -1.13. The molecule has 0 aromatic carbocycles. The molecule has 17 heavy (non-hydrogen) atoms. The minimum atomic E-state index is -0.0333. The van der Waals surface area contributed by atoms with Crippen molar-refractivity contribution < 1.29 is 5.11 Å². The molecule has 0 saturated carbocycles. The van der Waals surface area contributed by atoms with Gasteiger partial charge in [0.1, 0.15) is 5.82 Å². The number of aromatic nitrogens is 1. The first-order valence-corrected chi connectivity index (χ1v) is 6.16. The summed E-state index contributed by atoms with van der Waals surface area (Å²) in [6, 6.07) is 4.23. The van der Waals surface area contributed by atoms with Crippen LogP contribution in [0, 0.1) is 0 Å². The Kier molecular flexibility index (Phi) is 5.38. The van der Waals surface area contributed by atoms with Crippen LogP contribution in [0.15, 0.2) is 18.3 Å². The van der Waals surface area contributed by atoms with Crippen LogP contribution < -0.4 is 10.6 Å². The van der Waals surface area contributed by atoms with E-state index in [1.54, 1.807) is 6.20 Å². The fraction of sp³-hybridized carbons (Fsp3) is 0.615. The molecule has 0 fully saturated rings. The van der Waals surface area contributed by atoms with Gasteiger partial charge in [-0.25, -0.2) is 4.98 Å². The molecular formula is C13H23N3O. The molecule has 96 valence electrons. The van der Waals surface area contributed by atoms with Crippen molar-refractivity contribution in [3.63, 3.8) is 0 Å². The van der Waals surface area contributed by atoms with Gasteiger partial charge >= 0.3 is 0 Å². The largest absolute Gasteiger partial charge is 0.396 e. The Labute approximate surface area is 103 Å². The van der Waals surface area contributed by atoms with Crippen LogP contribution >= 0.6 is 0 Å². The molecule has 1 heterocycles. The van der Waals surface area contributed by atoms with E-state index in [9.17, 15) is 0 Å². The first-order chi connectivity index (χ1) is 8.07. The molecule has 1 aromatic rings. The molecule has 4 nitrogen and oxygen atoms in total. The fourth-order valence-corrected chi connectivity index (χ4v) is 1.85. The number of aliphatic hydroxyl groups excluding tert-OH is 1. The zero-order valence-corrected chi connectivity index (χ0v) is 10.9. The number of rotatable bonds is 6. The van der Waals surface area contributed by atoms with Crippen LogP contribution in [0.2, 0.25) is 0 Å². The lowest BCUT2D eigenvalue weighted by Crippen LogP contribution is -2.34. The third kappa shape index (κ3) is 3.68. The highest BCUT2D eigenvalue weighted by atomic mass is 16.3. The van der Waals surface area contributed by atoms with Crippen molar-refractivity contribution in [1.29, 1.82) is 0 Å². The molecule has 0 spiro atoms. The topological polar surface area (TPSA) is 62.4 Å². The normalized spacial score (nSPS) is 12.8. The quantitative estimate of drug-likeness (QED) is 0.790. The van der Waals surface area contributed by atoms with E-state index in [1.807, 2.05) is 19.1 Å². The highest BCUT2D eigenvalue weighted by molar-refractivity contribution is 5.48. The van der Waals surface area contributed by atoms with Gasteiger partial charge in [0.2, 0.25) is 0 Å². The molecule has 1 unspecified atom stereocenters. The molecule has 3 N–H and O–H groups in total. The standard InChI is InChI=1S/C13H23N3O/c1-10(2)16(8-5-9-17)13-12(11(3)14)6-4-7-15-13/h4,6-7,10-11,17H,5,8-9,14H2,1-3H3. The van der Waals surface area contributed by atoms with Crippen LogP contribution in [0.1, 0.15) is 38.8 Å². The van der Waals surface area contributed by atoms with Crippen molar-refractivity contribution in [3.8, 4) is 0 Å². The summed E-state index contributed by atoms with van der Waals surface area (Å²) in [5, 5.41) is 8.95. The first-order valence-electron chi connectivity index (χ1n) is 6.16. The van der Waals surface area contributed by atoms with E-state index in [0.717, 1.165) is 24.3 Å². The lowest BCUT2D eigenvalue weighted by Gasteiger charge is -2.30. The smallest absolute Gasteiger partial charge is 0.133 e. The van der Waals surface area contributed by atoms with E-state index in [2.05, 4.69) is 23.7 Å². The van der Waals surface area contributed by atoms with Gasteiger partial charge in [-0.3, -0.25) is 0 Å². The Morgan fingerprint density at radius 1 is 1.41 bits per heavy atom. The van der Waals surface area contributed by atoms with Crippen molar-refractivity contribution in [2.45, 2.75) is 39.3 Å². The van der Waals surface area contributed by atoms with E-state index >= 15 is 0 Å². The average Bonchev–Trinajstić information content (AvgIpc) is 2.29. The van der Waals surface area contributed by atoms with Gasteiger partial charge in [0.15, 0.2) is 0 Å². The maximum atomic E-state index is 8.95. The SMILES string of the molecule is CC(N)c1cccnc1N(CCCO)C(C)C. The molecule has 0 radical (unpaired) electrons. The monoisotopic (exact) mass is 237 g/mol. The summed E-state index contributed by atoms with van der Waals surface area (Å²) in [6.07, 6.45) is 2.53. The third-order valence-corrected chi connectivity index (χ3v) is 2.76. The van der Waals surface area contributed by atoms with Gasteiger partial charge in [-0.05, 0) is 33.3 Å². The Balaban J connectivity index is 3.00. The molecule has 1 rings (SSSR count). The van der Waals surface area contributed by atoms with Crippen molar-refractivity contribution in [3.05, 3.63) is 23.9 Å². The number of aliphatic hydroxyl groups is 1.